The summed E-state index contributed by atoms with van der Waals surface area (Å²) in [5.74, 6) is -0.238. The highest BCUT2D eigenvalue weighted by Gasteiger charge is 2.11. The maximum Gasteiger partial charge on any atom is 0.273 e. The molecule has 2 aromatic carbocycles. The zero-order valence-electron chi connectivity index (χ0n) is 12.9. The van der Waals surface area contributed by atoms with Crippen LogP contribution >= 0.6 is 11.6 Å². The van der Waals surface area contributed by atoms with Crippen molar-refractivity contribution in [1.29, 1.82) is 0 Å². The first-order chi connectivity index (χ1) is 11.0. The van der Waals surface area contributed by atoms with Crippen molar-refractivity contribution in [2.45, 2.75) is 13.8 Å². The summed E-state index contributed by atoms with van der Waals surface area (Å²) in [7, 11) is 0. The van der Waals surface area contributed by atoms with Crippen LogP contribution in [-0.4, -0.2) is 16.1 Å². The van der Waals surface area contributed by atoms with Crippen LogP contribution in [0, 0.1) is 13.8 Å². The van der Waals surface area contributed by atoms with Crippen molar-refractivity contribution >= 4 is 23.2 Å². The molecule has 23 heavy (non-hydrogen) atoms. The van der Waals surface area contributed by atoms with Gasteiger partial charge in [-0.1, -0.05) is 41.4 Å². The minimum absolute atomic E-state index is 0.238. The number of hydrogen-bond acceptors (Lipinski definition) is 2. The van der Waals surface area contributed by atoms with Gasteiger partial charge in [-0.05, 0) is 43.7 Å². The topological polar surface area (TPSA) is 57.8 Å². The van der Waals surface area contributed by atoms with Crippen LogP contribution in [0.3, 0.4) is 0 Å². The van der Waals surface area contributed by atoms with Gasteiger partial charge in [-0.25, -0.2) is 0 Å². The molecule has 3 aromatic rings. The monoisotopic (exact) mass is 325 g/mol. The van der Waals surface area contributed by atoms with E-state index in [0.717, 1.165) is 16.8 Å². The molecule has 0 saturated heterocycles. The predicted molar refractivity (Wildman–Crippen MR) is 92.9 cm³/mol. The Morgan fingerprint density at radius 1 is 1.09 bits per heavy atom. The number of aromatic nitrogens is 2. The Kier molecular flexibility index (Phi) is 4.17. The quantitative estimate of drug-likeness (QED) is 0.739. The molecule has 0 atom stereocenters. The summed E-state index contributed by atoms with van der Waals surface area (Å²) >= 11 is 5.99. The number of H-pyrrole nitrogens is 1. The molecular formula is C18H16ClN3O. The van der Waals surface area contributed by atoms with E-state index in [4.69, 9.17) is 11.6 Å². The van der Waals surface area contributed by atoms with Crippen LogP contribution in [0.2, 0.25) is 5.02 Å². The van der Waals surface area contributed by atoms with Crippen molar-refractivity contribution in [1.82, 2.24) is 10.2 Å². The van der Waals surface area contributed by atoms with Crippen molar-refractivity contribution in [3.63, 3.8) is 0 Å². The molecule has 0 bridgehead atoms. The lowest BCUT2D eigenvalue weighted by molar-refractivity contribution is 0.102. The molecule has 1 amide bonds. The second kappa shape index (κ2) is 6.26. The Morgan fingerprint density at radius 2 is 1.83 bits per heavy atom. The van der Waals surface area contributed by atoms with E-state index in [2.05, 4.69) is 15.5 Å². The molecule has 4 nitrogen and oxygen atoms in total. The number of anilines is 1. The molecule has 0 aliphatic heterocycles. The second-order valence-electron chi connectivity index (χ2n) is 5.45. The largest absolute Gasteiger partial charge is 0.321 e. The Balaban J connectivity index is 1.78. The fourth-order valence-corrected chi connectivity index (χ4v) is 2.35. The van der Waals surface area contributed by atoms with E-state index in [9.17, 15) is 4.79 Å². The van der Waals surface area contributed by atoms with Gasteiger partial charge >= 0.3 is 0 Å². The number of hydrogen-bond donors (Lipinski definition) is 2. The first-order valence-corrected chi connectivity index (χ1v) is 7.61. The lowest BCUT2D eigenvalue weighted by atomic mass is 10.1. The molecule has 0 radical (unpaired) electrons. The third-order valence-corrected chi connectivity index (χ3v) is 4.01. The number of nitrogens with one attached hydrogen (secondary N) is 2. The van der Waals surface area contributed by atoms with Gasteiger partial charge in [0.2, 0.25) is 0 Å². The van der Waals surface area contributed by atoms with Gasteiger partial charge in [-0.2, -0.15) is 5.10 Å². The molecule has 0 aliphatic carbocycles. The maximum atomic E-state index is 12.3. The summed E-state index contributed by atoms with van der Waals surface area (Å²) in [5, 5.41) is 10.5. The van der Waals surface area contributed by atoms with Crippen LogP contribution in [-0.2, 0) is 0 Å². The average Bonchev–Trinajstić information content (AvgIpc) is 3.02. The molecule has 0 aliphatic rings. The van der Waals surface area contributed by atoms with E-state index in [1.165, 1.54) is 5.56 Å². The van der Waals surface area contributed by atoms with E-state index in [1.807, 2.05) is 44.2 Å². The third kappa shape index (κ3) is 3.43. The van der Waals surface area contributed by atoms with Crippen LogP contribution in [0.25, 0.3) is 11.3 Å². The number of carbonyl (C=O) groups excluding carboxylic acids is 1. The summed E-state index contributed by atoms with van der Waals surface area (Å²) in [5.41, 5.74) is 4.90. The molecule has 3 rings (SSSR count). The molecular weight excluding hydrogens is 310 g/mol. The number of nitrogens with zero attached hydrogens (tertiary/aromatic N) is 1. The Bertz CT molecular complexity index is 853. The smallest absolute Gasteiger partial charge is 0.273 e. The van der Waals surface area contributed by atoms with Crippen LogP contribution in [0.5, 0.6) is 0 Å². The third-order valence-electron chi connectivity index (χ3n) is 3.59. The number of benzene rings is 2. The van der Waals surface area contributed by atoms with Gasteiger partial charge in [-0.3, -0.25) is 9.89 Å². The van der Waals surface area contributed by atoms with Crippen LogP contribution in [0.15, 0.2) is 48.5 Å². The minimum Gasteiger partial charge on any atom is -0.321 e. The molecule has 5 heteroatoms. The number of aryl methyl sites for hydroxylation is 2. The van der Waals surface area contributed by atoms with Gasteiger partial charge in [0.05, 0.1) is 5.69 Å². The van der Waals surface area contributed by atoms with Crippen LogP contribution < -0.4 is 5.32 Å². The van der Waals surface area contributed by atoms with E-state index < -0.39 is 0 Å². The number of aromatic amines is 1. The lowest BCUT2D eigenvalue weighted by Crippen LogP contribution is -2.12. The van der Waals surface area contributed by atoms with Crippen molar-refractivity contribution in [3.05, 3.63) is 70.4 Å². The summed E-state index contributed by atoms with van der Waals surface area (Å²) in [6, 6.07) is 15.1. The number of halogens is 1. The van der Waals surface area contributed by atoms with Crippen LogP contribution in [0.1, 0.15) is 21.6 Å². The SMILES string of the molecule is Cc1ccc(-c2cc(C(=O)Nc3ccc(Cl)c(C)c3)[nH]n2)cc1. The summed E-state index contributed by atoms with van der Waals surface area (Å²) in [4.78, 5) is 12.3. The van der Waals surface area contributed by atoms with Crippen molar-refractivity contribution < 1.29 is 4.79 Å². The normalized spacial score (nSPS) is 10.6. The standard InChI is InChI=1S/C18H16ClN3O/c1-11-3-5-13(6-4-11)16-10-17(22-21-16)18(23)20-14-7-8-15(19)12(2)9-14/h3-10H,1-2H3,(H,20,23)(H,21,22). The fourth-order valence-electron chi connectivity index (χ4n) is 2.23. The number of amides is 1. The van der Waals surface area contributed by atoms with Gasteiger partial charge in [0.25, 0.3) is 5.91 Å². The van der Waals surface area contributed by atoms with Gasteiger partial charge in [0.15, 0.2) is 0 Å². The van der Waals surface area contributed by atoms with Gasteiger partial charge in [0.1, 0.15) is 5.69 Å². The average molecular weight is 326 g/mol. The van der Waals surface area contributed by atoms with Crippen molar-refractivity contribution in [2.75, 3.05) is 5.32 Å². The van der Waals surface area contributed by atoms with Crippen LogP contribution in [0.4, 0.5) is 5.69 Å². The van der Waals surface area contributed by atoms with E-state index in [0.29, 0.717) is 16.4 Å². The molecule has 1 aromatic heterocycles. The van der Waals surface area contributed by atoms with E-state index in [-0.39, 0.29) is 5.91 Å². The lowest BCUT2D eigenvalue weighted by Gasteiger charge is -2.05. The van der Waals surface area contributed by atoms with Crippen molar-refractivity contribution in [2.24, 2.45) is 0 Å². The highest BCUT2D eigenvalue weighted by molar-refractivity contribution is 6.31. The molecule has 0 spiro atoms. The Morgan fingerprint density at radius 3 is 2.52 bits per heavy atom. The Hall–Kier alpha value is -2.59. The molecule has 0 fully saturated rings. The molecule has 1 heterocycles. The Labute approximate surface area is 139 Å². The summed E-state index contributed by atoms with van der Waals surface area (Å²) in [6.07, 6.45) is 0. The fraction of sp³-hybridized carbons (Fsp3) is 0.111. The first-order valence-electron chi connectivity index (χ1n) is 7.23. The van der Waals surface area contributed by atoms with Gasteiger partial charge in [-0.15, -0.1) is 0 Å². The second-order valence-corrected chi connectivity index (χ2v) is 5.86. The molecule has 0 unspecified atom stereocenters. The highest BCUT2D eigenvalue weighted by Crippen LogP contribution is 2.21. The van der Waals surface area contributed by atoms with Crippen molar-refractivity contribution in [3.8, 4) is 11.3 Å². The highest BCUT2D eigenvalue weighted by atomic mass is 35.5. The zero-order valence-corrected chi connectivity index (χ0v) is 13.6. The zero-order chi connectivity index (χ0) is 16.4. The van der Waals surface area contributed by atoms with E-state index in [1.54, 1.807) is 18.2 Å². The number of rotatable bonds is 3. The van der Waals surface area contributed by atoms with E-state index >= 15 is 0 Å². The summed E-state index contributed by atoms with van der Waals surface area (Å²) < 4.78 is 0. The summed E-state index contributed by atoms with van der Waals surface area (Å²) in [6.45, 7) is 3.92. The number of carbonyl (C=O) groups is 1. The molecule has 0 saturated carbocycles. The first kappa shape index (κ1) is 15.3. The molecule has 2 N–H and O–H groups in total. The van der Waals surface area contributed by atoms with Gasteiger partial charge < -0.3 is 5.32 Å². The van der Waals surface area contributed by atoms with Gasteiger partial charge in [0, 0.05) is 16.3 Å². The molecule has 116 valence electrons. The minimum atomic E-state index is -0.238. The maximum absolute atomic E-state index is 12.3. The predicted octanol–water partition coefficient (Wildman–Crippen LogP) is 4.60.